The average molecular weight is 363 g/mol. The molecule has 8 heteroatoms. The molecule has 1 amide bonds. The highest BCUT2D eigenvalue weighted by molar-refractivity contribution is 6.30. The smallest absolute Gasteiger partial charge is 0.247 e. The Bertz CT molecular complexity index is 716. The first-order valence-electron chi connectivity index (χ1n) is 8.65. The first-order chi connectivity index (χ1) is 12.1. The van der Waals surface area contributed by atoms with Crippen molar-refractivity contribution in [1.82, 2.24) is 30.8 Å². The number of nitrogens with one attached hydrogen (secondary N) is 2. The van der Waals surface area contributed by atoms with Crippen LogP contribution in [-0.4, -0.2) is 45.2 Å². The Hall–Kier alpha value is -1.99. The third kappa shape index (κ3) is 4.16. The summed E-state index contributed by atoms with van der Waals surface area (Å²) < 4.78 is 0. The van der Waals surface area contributed by atoms with Crippen LogP contribution in [0, 0.1) is 5.92 Å². The Kier molecular flexibility index (Phi) is 5.65. The highest BCUT2D eigenvalue weighted by Gasteiger charge is 2.28. The number of nitrogens with zero attached hydrogens (tertiary/aromatic N) is 4. The molecule has 3 unspecified atom stereocenters. The van der Waals surface area contributed by atoms with Gasteiger partial charge in [0.2, 0.25) is 11.7 Å². The Morgan fingerprint density at radius 2 is 2.20 bits per heavy atom. The van der Waals surface area contributed by atoms with E-state index >= 15 is 0 Å². The average Bonchev–Trinajstić information content (AvgIpc) is 3.08. The van der Waals surface area contributed by atoms with Gasteiger partial charge in [0.05, 0.1) is 0 Å². The molecule has 1 saturated heterocycles. The zero-order valence-corrected chi connectivity index (χ0v) is 15.2. The number of hydrogen-bond acceptors (Lipinski definition) is 5. The monoisotopic (exact) mass is 362 g/mol. The third-order valence-corrected chi connectivity index (χ3v) is 4.91. The number of hydrogen-bond donors (Lipinski definition) is 2. The first kappa shape index (κ1) is 17.8. The number of carbonyl (C=O) groups excluding carboxylic acids is 1. The molecule has 1 fully saturated rings. The molecule has 0 bridgehead atoms. The molecule has 1 aliphatic heterocycles. The summed E-state index contributed by atoms with van der Waals surface area (Å²) in [5.74, 6) is 0.870. The zero-order valence-electron chi connectivity index (χ0n) is 14.4. The maximum absolute atomic E-state index is 12.7. The molecule has 134 valence electrons. The Labute approximate surface area is 152 Å². The molecule has 2 N–H and O–H groups in total. The van der Waals surface area contributed by atoms with Crippen molar-refractivity contribution in [2.45, 2.75) is 38.8 Å². The molecule has 1 aromatic heterocycles. The molecule has 7 nitrogen and oxygen atoms in total. The number of amides is 1. The summed E-state index contributed by atoms with van der Waals surface area (Å²) >= 11 is 5.90. The van der Waals surface area contributed by atoms with Gasteiger partial charge >= 0.3 is 0 Å². The van der Waals surface area contributed by atoms with Crippen LogP contribution in [0.2, 0.25) is 5.02 Å². The van der Waals surface area contributed by atoms with Crippen LogP contribution < -0.4 is 10.6 Å². The molecule has 2 heterocycles. The van der Waals surface area contributed by atoms with Gasteiger partial charge in [0.15, 0.2) is 6.04 Å². The standard InChI is InChI=1S/C17H23ClN6O/c1-3-15(17(25)20-14-10-19-9-8-11(14)2)24-22-16(21-23-24)12-4-6-13(18)7-5-12/h4-7,11,14-15,19H,3,8-10H2,1-2H3,(H,20,25). The summed E-state index contributed by atoms with van der Waals surface area (Å²) in [5.41, 5.74) is 0.816. The van der Waals surface area contributed by atoms with E-state index in [1.165, 1.54) is 4.80 Å². The SMILES string of the molecule is CCC(C(=O)NC1CNCCC1C)n1nnc(-c2ccc(Cl)cc2)n1. The highest BCUT2D eigenvalue weighted by atomic mass is 35.5. The van der Waals surface area contributed by atoms with Gasteiger partial charge in [-0.15, -0.1) is 10.2 Å². The van der Waals surface area contributed by atoms with Crippen molar-refractivity contribution in [3.05, 3.63) is 29.3 Å². The lowest BCUT2D eigenvalue weighted by atomic mass is 9.94. The summed E-state index contributed by atoms with van der Waals surface area (Å²) in [7, 11) is 0. The molecule has 0 radical (unpaired) electrons. The predicted molar refractivity (Wildman–Crippen MR) is 96.2 cm³/mol. The van der Waals surface area contributed by atoms with Crippen LogP contribution in [-0.2, 0) is 4.79 Å². The van der Waals surface area contributed by atoms with E-state index < -0.39 is 6.04 Å². The number of tetrazole rings is 1. The third-order valence-electron chi connectivity index (χ3n) is 4.65. The van der Waals surface area contributed by atoms with Crippen LogP contribution in [0.5, 0.6) is 0 Å². The van der Waals surface area contributed by atoms with Gasteiger partial charge in [-0.1, -0.05) is 25.4 Å². The predicted octanol–water partition coefficient (Wildman–Crippen LogP) is 2.06. The number of rotatable bonds is 5. The van der Waals surface area contributed by atoms with Gasteiger partial charge in [-0.2, -0.15) is 4.80 Å². The number of halogens is 1. The second-order valence-electron chi connectivity index (χ2n) is 6.45. The fraction of sp³-hybridized carbons (Fsp3) is 0.529. The number of piperidine rings is 1. The Morgan fingerprint density at radius 3 is 2.88 bits per heavy atom. The number of carbonyl (C=O) groups is 1. The van der Waals surface area contributed by atoms with Crippen molar-refractivity contribution in [2.75, 3.05) is 13.1 Å². The largest absolute Gasteiger partial charge is 0.350 e. The number of benzene rings is 1. The van der Waals surface area contributed by atoms with Crippen LogP contribution in [0.3, 0.4) is 0 Å². The summed E-state index contributed by atoms with van der Waals surface area (Å²) in [6.45, 7) is 5.90. The molecule has 3 rings (SSSR count). The molecule has 3 atom stereocenters. The van der Waals surface area contributed by atoms with Gasteiger partial charge in [-0.05, 0) is 54.8 Å². The molecule has 2 aromatic rings. The molecule has 0 saturated carbocycles. The van der Waals surface area contributed by atoms with E-state index in [-0.39, 0.29) is 11.9 Å². The summed E-state index contributed by atoms with van der Waals surface area (Å²) in [5, 5.41) is 19.6. The minimum Gasteiger partial charge on any atom is -0.350 e. The topological polar surface area (TPSA) is 84.7 Å². The number of aromatic nitrogens is 4. The van der Waals surface area contributed by atoms with Crippen LogP contribution in [0.15, 0.2) is 24.3 Å². The minimum atomic E-state index is -0.470. The molecule has 1 aromatic carbocycles. The van der Waals surface area contributed by atoms with Gasteiger partial charge in [0.25, 0.3) is 0 Å². The van der Waals surface area contributed by atoms with Crippen LogP contribution in [0.1, 0.15) is 32.7 Å². The van der Waals surface area contributed by atoms with E-state index in [4.69, 9.17) is 11.6 Å². The summed E-state index contributed by atoms with van der Waals surface area (Å²) in [6, 6.07) is 6.88. The molecular weight excluding hydrogens is 340 g/mol. The van der Waals surface area contributed by atoms with E-state index in [2.05, 4.69) is 33.0 Å². The summed E-state index contributed by atoms with van der Waals surface area (Å²) in [4.78, 5) is 14.1. The van der Waals surface area contributed by atoms with Crippen molar-refractivity contribution < 1.29 is 4.79 Å². The van der Waals surface area contributed by atoms with Gasteiger partial charge in [0.1, 0.15) is 0 Å². The highest BCUT2D eigenvalue weighted by Crippen LogP contribution is 2.19. The second-order valence-corrected chi connectivity index (χ2v) is 6.89. The van der Waals surface area contributed by atoms with Gasteiger partial charge in [-0.3, -0.25) is 4.79 Å². The van der Waals surface area contributed by atoms with E-state index in [1.54, 1.807) is 12.1 Å². The van der Waals surface area contributed by atoms with Crippen molar-refractivity contribution >= 4 is 17.5 Å². The summed E-state index contributed by atoms with van der Waals surface area (Å²) in [6.07, 6.45) is 1.65. The van der Waals surface area contributed by atoms with E-state index in [0.29, 0.717) is 23.2 Å². The fourth-order valence-electron chi connectivity index (χ4n) is 2.99. The molecule has 25 heavy (non-hydrogen) atoms. The first-order valence-corrected chi connectivity index (χ1v) is 9.02. The van der Waals surface area contributed by atoms with E-state index in [0.717, 1.165) is 25.1 Å². The maximum Gasteiger partial charge on any atom is 0.247 e. The molecular formula is C17H23ClN6O. The lowest BCUT2D eigenvalue weighted by Gasteiger charge is -2.31. The Morgan fingerprint density at radius 1 is 1.44 bits per heavy atom. The molecule has 0 aliphatic carbocycles. The van der Waals surface area contributed by atoms with Crippen molar-refractivity contribution in [3.8, 4) is 11.4 Å². The molecule has 1 aliphatic rings. The van der Waals surface area contributed by atoms with E-state index in [9.17, 15) is 4.79 Å². The quantitative estimate of drug-likeness (QED) is 0.850. The van der Waals surface area contributed by atoms with Crippen LogP contribution >= 0.6 is 11.6 Å². The minimum absolute atomic E-state index is 0.0666. The van der Waals surface area contributed by atoms with Crippen LogP contribution in [0.4, 0.5) is 0 Å². The van der Waals surface area contributed by atoms with Gasteiger partial charge in [-0.25, -0.2) is 0 Å². The Balaban J connectivity index is 1.72. The van der Waals surface area contributed by atoms with Crippen molar-refractivity contribution in [1.29, 1.82) is 0 Å². The van der Waals surface area contributed by atoms with Crippen molar-refractivity contribution in [2.24, 2.45) is 5.92 Å². The lowest BCUT2D eigenvalue weighted by molar-refractivity contribution is -0.126. The van der Waals surface area contributed by atoms with Crippen LogP contribution in [0.25, 0.3) is 11.4 Å². The normalized spacial score (nSPS) is 21.7. The fourth-order valence-corrected chi connectivity index (χ4v) is 3.11. The van der Waals surface area contributed by atoms with Gasteiger partial charge in [0, 0.05) is 23.2 Å². The lowest BCUT2D eigenvalue weighted by Crippen LogP contribution is -2.51. The maximum atomic E-state index is 12.7. The second kappa shape index (κ2) is 7.93. The van der Waals surface area contributed by atoms with E-state index in [1.807, 2.05) is 19.1 Å². The van der Waals surface area contributed by atoms with Gasteiger partial charge < -0.3 is 10.6 Å². The molecule has 0 spiro atoms. The van der Waals surface area contributed by atoms with Crippen molar-refractivity contribution in [3.63, 3.8) is 0 Å². The zero-order chi connectivity index (χ0) is 17.8.